The molecule has 0 radical (unpaired) electrons. The maximum Gasteiger partial charge on any atom is 0.485 e. The van der Waals surface area contributed by atoms with E-state index < -0.39 is 15.6 Å². The fourth-order valence-corrected chi connectivity index (χ4v) is 2.86. The minimum atomic E-state index is -6.09. The normalized spacial score (nSPS) is 13.3. The van der Waals surface area contributed by atoms with Crippen LogP contribution in [0.3, 0.4) is 0 Å². The molecule has 0 aliphatic heterocycles. The largest absolute Gasteiger partial charge is 0.741 e. The van der Waals surface area contributed by atoms with Crippen LogP contribution >= 0.6 is 0 Å². The average Bonchev–Trinajstić information content (AvgIpc) is 2.34. The molecule has 0 bridgehead atoms. The van der Waals surface area contributed by atoms with Crippen LogP contribution in [-0.4, -0.2) is 23.4 Å². The van der Waals surface area contributed by atoms with Gasteiger partial charge >= 0.3 is 26.7 Å². The van der Waals surface area contributed by atoms with Crippen molar-refractivity contribution in [3.8, 4) is 0 Å². The maximum absolute atomic E-state index is 10.7. The molecule has 1 rings (SSSR count). The summed E-state index contributed by atoms with van der Waals surface area (Å²) in [6.45, 7) is 13.8. The summed E-state index contributed by atoms with van der Waals surface area (Å²) < 4.78 is 60.5. The van der Waals surface area contributed by atoms with E-state index in [1.54, 1.807) is 3.57 Å². The third-order valence-electron chi connectivity index (χ3n) is 3.13. The van der Waals surface area contributed by atoms with E-state index in [0.29, 0.717) is 0 Å². The first-order valence-electron chi connectivity index (χ1n) is 7.07. The van der Waals surface area contributed by atoms with Gasteiger partial charge in [0.1, 0.15) is 4.93 Å². The van der Waals surface area contributed by atoms with Crippen LogP contribution in [-0.2, 0) is 20.9 Å². The summed E-state index contributed by atoms with van der Waals surface area (Å²) in [6.07, 6.45) is 0. The highest BCUT2D eigenvalue weighted by Crippen LogP contribution is 2.28. The van der Waals surface area contributed by atoms with Gasteiger partial charge in [-0.3, -0.25) is 0 Å². The smallest absolute Gasteiger partial charge is 0.485 e. The van der Waals surface area contributed by atoms with Crippen LogP contribution < -0.4 is 21.2 Å². The van der Waals surface area contributed by atoms with E-state index in [4.69, 9.17) is 13.0 Å². The molecular weight excluding hydrogens is 456 g/mol. The molecule has 0 saturated heterocycles. The van der Waals surface area contributed by atoms with Crippen molar-refractivity contribution in [1.29, 1.82) is 0 Å². The molecule has 0 aromatic heterocycles. The maximum atomic E-state index is 10.7. The van der Waals surface area contributed by atoms with Crippen molar-refractivity contribution in [2.75, 3.05) is 4.93 Å². The second kappa shape index (κ2) is 7.90. The van der Waals surface area contributed by atoms with Crippen LogP contribution in [0, 0.1) is 3.57 Å². The van der Waals surface area contributed by atoms with Crippen molar-refractivity contribution < 1.29 is 47.3 Å². The zero-order valence-electron chi connectivity index (χ0n) is 14.9. The highest BCUT2D eigenvalue weighted by molar-refractivity contribution is 7.86. The molecule has 1 aromatic carbocycles. The summed E-state index contributed by atoms with van der Waals surface area (Å²) >= 11 is 0.179. The van der Waals surface area contributed by atoms with Gasteiger partial charge in [-0.05, 0) is 34.1 Å². The second-order valence-corrected chi connectivity index (χ2v) is 11.0. The van der Waals surface area contributed by atoms with Crippen LogP contribution in [0.1, 0.15) is 52.7 Å². The molecule has 0 heterocycles. The monoisotopic (exact) mass is 480 g/mol. The Morgan fingerprint density at radius 3 is 1.33 bits per heavy atom. The zero-order chi connectivity index (χ0) is 19.6. The fraction of sp³-hybridized carbons (Fsp3) is 0.625. The van der Waals surface area contributed by atoms with Crippen LogP contribution in [0.15, 0.2) is 18.2 Å². The standard InChI is InChI=1S/C15H24I.CHF3O3S/c1-14(2,3)11-8-12(15(4,5)6)10-13(9-11)16-7;2-1(3,4)8(5,6)7/h8-10H,1-7H3;(H,5,6,7)/q+1;/p-1. The molecule has 140 valence electrons. The van der Waals surface area contributed by atoms with Crippen LogP contribution in [0.2, 0.25) is 0 Å². The van der Waals surface area contributed by atoms with Crippen molar-refractivity contribution in [3.05, 3.63) is 32.9 Å². The van der Waals surface area contributed by atoms with E-state index in [9.17, 15) is 13.2 Å². The summed E-state index contributed by atoms with van der Waals surface area (Å²) in [4.78, 5) is 2.34. The lowest BCUT2D eigenvalue weighted by atomic mass is 9.81. The molecule has 0 aliphatic carbocycles. The average molecular weight is 480 g/mol. The van der Waals surface area contributed by atoms with Gasteiger partial charge in [0.15, 0.2) is 13.7 Å². The predicted molar refractivity (Wildman–Crippen MR) is 84.2 cm³/mol. The predicted octanol–water partition coefficient (Wildman–Crippen LogP) is 1.22. The molecule has 1 aromatic rings. The van der Waals surface area contributed by atoms with Gasteiger partial charge < -0.3 is 4.55 Å². The number of halogens is 4. The first-order valence-corrected chi connectivity index (χ1v) is 11.7. The van der Waals surface area contributed by atoms with Gasteiger partial charge in [0.25, 0.3) is 0 Å². The molecule has 0 fully saturated rings. The highest BCUT2D eigenvalue weighted by Gasteiger charge is 2.36. The zero-order valence-corrected chi connectivity index (χ0v) is 17.9. The lowest BCUT2D eigenvalue weighted by Crippen LogP contribution is -3.60. The summed E-state index contributed by atoms with van der Waals surface area (Å²) in [6, 6.07) is 7.20. The van der Waals surface area contributed by atoms with Gasteiger partial charge in [-0.15, -0.1) is 0 Å². The van der Waals surface area contributed by atoms with E-state index in [1.165, 1.54) is 11.1 Å². The lowest BCUT2D eigenvalue weighted by Gasteiger charge is -2.24. The Balaban J connectivity index is 0.000000561. The molecule has 0 amide bonds. The Labute approximate surface area is 153 Å². The van der Waals surface area contributed by atoms with Gasteiger partial charge in [0.05, 0.1) is 0 Å². The highest BCUT2D eigenvalue weighted by atomic mass is 127. The van der Waals surface area contributed by atoms with Crippen LogP contribution in [0.25, 0.3) is 0 Å². The van der Waals surface area contributed by atoms with E-state index in [-0.39, 0.29) is 32.0 Å². The van der Waals surface area contributed by atoms with Gasteiger partial charge in [-0.2, -0.15) is 13.2 Å². The van der Waals surface area contributed by atoms with E-state index in [0.717, 1.165) is 0 Å². The van der Waals surface area contributed by atoms with Crippen molar-refractivity contribution in [2.45, 2.75) is 57.9 Å². The van der Waals surface area contributed by atoms with Gasteiger partial charge in [-0.1, -0.05) is 47.6 Å². The molecule has 0 saturated carbocycles. The van der Waals surface area contributed by atoms with Crippen LogP contribution in [0.4, 0.5) is 13.2 Å². The van der Waals surface area contributed by atoms with Gasteiger partial charge in [0.2, 0.25) is 0 Å². The lowest BCUT2D eigenvalue weighted by molar-refractivity contribution is -0.597. The Morgan fingerprint density at radius 2 is 1.17 bits per heavy atom. The molecule has 8 heteroatoms. The molecule has 0 spiro atoms. The summed E-state index contributed by atoms with van der Waals surface area (Å²) in [7, 11) is -6.09. The van der Waals surface area contributed by atoms with Crippen molar-refractivity contribution in [2.24, 2.45) is 0 Å². The Hall–Kier alpha value is -0.350. The fourth-order valence-electron chi connectivity index (χ4n) is 1.56. The number of alkyl halides is 4. The molecule has 3 nitrogen and oxygen atoms in total. The summed E-state index contributed by atoms with van der Waals surface area (Å²) in [5.74, 6) is 0. The van der Waals surface area contributed by atoms with E-state index in [1.807, 2.05) is 0 Å². The van der Waals surface area contributed by atoms with Gasteiger partial charge in [-0.25, -0.2) is 8.42 Å². The molecule has 24 heavy (non-hydrogen) atoms. The Bertz CT molecular complexity index is 622. The van der Waals surface area contributed by atoms with Crippen LogP contribution in [0.5, 0.6) is 0 Å². The third-order valence-corrected chi connectivity index (χ3v) is 5.57. The number of rotatable bonds is 1. The molecule has 0 aliphatic rings. The molecule has 0 atom stereocenters. The summed E-state index contributed by atoms with van der Waals surface area (Å²) in [5, 5.41) is 0. The Morgan fingerprint density at radius 1 is 0.875 bits per heavy atom. The number of hydrogen-bond donors (Lipinski definition) is 0. The topological polar surface area (TPSA) is 57.2 Å². The molecule has 0 N–H and O–H groups in total. The number of benzene rings is 1. The number of hydrogen-bond acceptors (Lipinski definition) is 3. The first kappa shape index (κ1) is 23.6. The first-order chi connectivity index (χ1) is 10.4. The minimum Gasteiger partial charge on any atom is -0.741 e. The van der Waals surface area contributed by atoms with Crippen molar-refractivity contribution in [3.63, 3.8) is 0 Å². The third kappa shape index (κ3) is 7.69. The molecule has 0 unspecified atom stereocenters. The SMILES string of the molecule is C[I+]c1cc(C(C)(C)C)cc(C(C)(C)C)c1.O=S(=O)([O-])C(F)(F)F. The summed E-state index contributed by atoms with van der Waals surface area (Å²) in [5.41, 5.74) is -2.16. The van der Waals surface area contributed by atoms with Crippen molar-refractivity contribution in [1.82, 2.24) is 0 Å². The minimum absolute atomic E-state index is 0.179. The van der Waals surface area contributed by atoms with E-state index in [2.05, 4.69) is 64.7 Å². The second-order valence-electron chi connectivity index (χ2n) is 7.32. The van der Waals surface area contributed by atoms with E-state index >= 15 is 0 Å². The Kier molecular flexibility index (Phi) is 7.79. The molecular formula is C16H24F3IO3S. The van der Waals surface area contributed by atoms with Gasteiger partial charge in [0, 0.05) is 0 Å². The quantitative estimate of drug-likeness (QED) is 0.263. The van der Waals surface area contributed by atoms with Crippen molar-refractivity contribution >= 4 is 10.1 Å².